The Bertz CT molecular complexity index is 1250. The quantitative estimate of drug-likeness (QED) is 0.467. The van der Waals surface area contributed by atoms with E-state index in [9.17, 15) is 0 Å². The second-order valence-corrected chi connectivity index (χ2v) is 6.58. The zero-order chi connectivity index (χ0) is 18.2. The number of H-pyrrole nitrogens is 1. The number of aromatic amines is 1. The van der Waals surface area contributed by atoms with E-state index in [0.717, 1.165) is 38.9 Å². The number of para-hydroxylation sites is 1. The van der Waals surface area contributed by atoms with Crippen molar-refractivity contribution in [1.82, 2.24) is 20.2 Å². The second-order valence-electron chi connectivity index (χ2n) is 6.58. The molecule has 5 heteroatoms. The van der Waals surface area contributed by atoms with Crippen LogP contribution in [0.1, 0.15) is 5.56 Å². The van der Waals surface area contributed by atoms with Crippen LogP contribution in [0.4, 0.5) is 11.5 Å². The molecule has 130 valence electrons. The van der Waals surface area contributed by atoms with Crippen LogP contribution in [-0.4, -0.2) is 20.2 Å². The number of fused-ring (bicyclic) bond motifs is 2. The van der Waals surface area contributed by atoms with Crippen LogP contribution in [0, 0.1) is 6.92 Å². The number of hydrogen-bond donors (Lipinski definition) is 2. The lowest BCUT2D eigenvalue weighted by Crippen LogP contribution is -1.99. The molecule has 0 aliphatic carbocycles. The van der Waals surface area contributed by atoms with Gasteiger partial charge in [-0.2, -0.15) is 5.10 Å². The third kappa shape index (κ3) is 2.89. The maximum Gasteiger partial charge on any atom is 0.162 e. The Morgan fingerprint density at radius 1 is 0.889 bits per heavy atom. The number of benzene rings is 3. The third-order valence-electron chi connectivity index (χ3n) is 4.62. The van der Waals surface area contributed by atoms with Crippen LogP contribution in [0.15, 0.2) is 72.9 Å². The summed E-state index contributed by atoms with van der Waals surface area (Å²) in [5.74, 6) is 1.50. The van der Waals surface area contributed by atoms with E-state index in [1.54, 1.807) is 0 Å². The molecular weight excluding hydrogens is 334 g/mol. The van der Waals surface area contributed by atoms with Crippen LogP contribution in [0.3, 0.4) is 0 Å². The molecule has 0 bridgehead atoms. The Labute approximate surface area is 156 Å². The largest absolute Gasteiger partial charge is 0.340 e. The highest BCUT2D eigenvalue weighted by molar-refractivity contribution is 5.93. The highest BCUT2D eigenvalue weighted by atomic mass is 15.1. The van der Waals surface area contributed by atoms with Crippen molar-refractivity contribution >= 4 is 33.3 Å². The molecule has 2 N–H and O–H groups in total. The molecule has 2 heterocycles. The standard InChI is InChI=1S/C22H17N5/c1-14-6-8-15(9-7-14)21-25-20-5-3-2-4-18(20)22(26-21)24-17-10-11-19-16(12-17)13-23-27-19/h2-13H,1H3,(H,23,27)(H,24,25,26). The number of aryl methyl sites for hydroxylation is 1. The van der Waals surface area contributed by atoms with Gasteiger partial charge in [0.05, 0.1) is 17.2 Å². The van der Waals surface area contributed by atoms with Gasteiger partial charge in [0.1, 0.15) is 5.82 Å². The van der Waals surface area contributed by atoms with Crippen molar-refractivity contribution in [3.63, 3.8) is 0 Å². The number of rotatable bonds is 3. The lowest BCUT2D eigenvalue weighted by atomic mass is 10.1. The van der Waals surface area contributed by atoms with Crippen LogP contribution in [0.5, 0.6) is 0 Å². The maximum atomic E-state index is 4.82. The van der Waals surface area contributed by atoms with Gasteiger partial charge in [0.15, 0.2) is 5.82 Å². The second kappa shape index (κ2) is 6.21. The van der Waals surface area contributed by atoms with E-state index in [4.69, 9.17) is 9.97 Å². The summed E-state index contributed by atoms with van der Waals surface area (Å²) in [7, 11) is 0. The van der Waals surface area contributed by atoms with Crippen LogP contribution in [0.25, 0.3) is 33.2 Å². The Kier molecular flexibility index (Phi) is 3.57. The van der Waals surface area contributed by atoms with Gasteiger partial charge in [-0.3, -0.25) is 5.10 Å². The molecule has 0 atom stereocenters. The van der Waals surface area contributed by atoms with Gasteiger partial charge in [0.2, 0.25) is 0 Å². The first kappa shape index (κ1) is 15.5. The molecule has 0 aliphatic rings. The minimum absolute atomic E-state index is 0.709. The van der Waals surface area contributed by atoms with Crippen LogP contribution < -0.4 is 5.32 Å². The minimum atomic E-state index is 0.709. The van der Waals surface area contributed by atoms with Gasteiger partial charge < -0.3 is 5.32 Å². The van der Waals surface area contributed by atoms with E-state index in [0.29, 0.717) is 5.82 Å². The summed E-state index contributed by atoms with van der Waals surface area (Å²) >= 11 is 0. The molecule has 5 nitrogen and oxygen atoms in total. The highest BCUT2D eigenvalue weighted by Gasteiger charge is 2.10. The topological polar surface area (TPSA) is 66.5 Å². The molecule has 5 rings (SSSR count). The van der Waals surface area contributed by atoms with Crippen molar-refractivity contribution in [2.45, 2.75) is 6.92 Å². The molecule has 0 radical (unpaired) electrons. The lowest BCUT2D eigenvalue weighted by molar-refractivity contribution is 1.12. The summed E-state index contributed by atoms with van der Waals surface area (Å²) < 4.78 is 0. The molecule has 3 aromatic carbocycles. The highest BCUT2D eigenvalue weighted by Crippen LogP contribution is 2.28. The van der Waals surface area contributed by atoms with E-state index < -0.39 is 0 Å². The summed E-state index contributed by atoms with van der Waals surface area (Å²) in [5.41, 5.74) is 5.09. The number of aromatic nitrogens is 4. The average molecular weight is 351 g/mol. The predicted molar refractivity (Wildman–Crippen MR) is 109 cm³/mol. The van der Waals surface area contributed by atoms with Crippen molar-refractivity contribution in [2.75, 3.05) is 5.32 Å². The fourth-order valence-electron chi connectivity index (χ4n) is 3.16. The summed E-state index contributed by atoms with van der Waals surface area (Å²) in [6.45, 7) is 2.07. The number of nitrogens with one attached hydrogen (secondary N) is 2. The summed E-state index contributed by atoms with van der Waals surface area (Å²) in [5, 5.41) is 12.6. The first-order valence-electron chi connectivity index (χ1n) is 8.80. The summed E-state index contributed by atoms with van der Waals surface area (Å²) in [6, 6.07) is 22.4. The molecule has 0 fully saturated rings. The lowest BCUT2D eigenvalue weighted by Gasteiger charge is -2.11. The summed E-state index contributed by atoms with van der Waals surface area (Å²) in [4.78, 5) is 9.57. The molecule has 27 heavy (non-hydrogen) atoms. The van der Waals surface area contributed by atoms with Crippen molar-refractivity contribution < 1.29 is 0 Å². The summed E-state index contributed by atoms with van der Waals surface area (Å²) in [6.07, 6.45) is 1.82. The zero-order valence-corrected chi connectivity index (χ0v) is 14.8. The molecule has 0 spiro atoms. The van der Waals surface area contributed by atoms with Gasteiger partial charge in [-0.15, -0.1) is 0 Å². The van der Waals surface area contributed by atoms with Crippen molar-refractivity contribution in [3.05, 3.63) is 78.5 Å². The van der Waals surface area contributed by atoms with Crippen molar-refractivity contribution in [2.24, 2.45) is 0 Å². The Morgan fingerprint density at radius 2 is 1.74 bits per heavy atom. The third-order valence-corrected chi connectivity index (χ3v) is 4.62. The Morgan fingerprint density at radius 3 is 2.63 bits per heavy atom. The first-order chi connectivity index (χ1) is 13.3. The van der Waals surface area contributed by atoms with E-state index >= 15 is 0 Å². The predicted octanol–water partition coefficient (Wildman–Crippen LogP) is 5.23. The molecule has 5 aromatic rings. The number of nitrogens with zero attached hydrogens (tertiary/aromatic N) is 3. The minimum Gasteiger partial charge on any atom is -0.340 e. The van der Waals surface area contributed by atoms with Crippen LogP contribution in [0.2, 0.25) is 0 Å². The molecule has 0 saturated carbocycles. The average Bonchev–Trinajstić information content (AvgIpc) is 3.16. The Balaban J connectivity index is 1.64. The normalized spacial score (nSPS) is 11.1. The molecule has 0 aliphatic heterocycles. The fraction of sp³-hybridized carbons (Fsp3) is 0.0455. The molecule has 2 aromatic heterocycles. The van der Waals surface area contributed by atoms with E-state index in [-0.39, 0.29) is 0 Å². The van der Waals surface area contributed by atoms with Crippen molar-refractivity contribution in [1.29, 1.82) is 0 Å². The Hall–Kier alpha value is -3.73. The SMILES string of the molecule is Cc1ccc(-c2nc(Nc3ccc4[nH]ncc4c3)c3ccccc3n2)cc1. The number of hydrogen-bond acceptors (Lipinski definition) is 4. The van der Waals surface area contributed by atoms with Gasteiger partial charge in [-0.25, -0.2) is 9.97 Å². The van der Waals surface area contributed by atoms with Crippen molar-refractivity contribution in [3.8, 4) is 11.4 Å². The van der Waals surface area contributed by atoms with Crippen LogP contribution in [-0.2, 0) is 0 Å². The van der Waals surface area contributed by atoms with Gasteiger partial charge >= 0.3 is 0 Å². The smallest absolute Gasteiger partial charge is 0.162 e. The monoisotopic (exact) mass is 351 g/mol. The van der Waals surface area contributed by atoms with Gasteiger partial charge in [-0.05, 0) is 37.3 Å². The molecular formula is C22H17N5. The number of anilines is 2. The van der Waals surface area contributed by atoms with E-state index in [1.807, 2.05) is 42.6 Å². The first-order valence-corrected chi connectivity index (χ1v) is 8.80. The zero-order valence-electron chi connectivity index (χ0n) is 14.8. The van der Waals surface area contributed by atoms with E-state index in [2.05, 4.69) is 52.8 Å². The fourth-order valence-corrected chi connectivity index (χ4v) is 3.16. The van der Waals surface area contributed by atoms with Gasteiger partial charge in [-0.1, -0.05) is 42.0 Å². The molecule has 0 saturated heterocycles. The van der Waals surface area contributed by atoms with Gasteiger partial charge in [0.25, 0.3) is 0 Å². The van der Waals surface area contributed by atoms with E-state index in [1.165, 1.54) is 5.56 Å². The maximum absolute atomic E-state index is 4.82. The molecule has 0 amide bonds. The van der Waals surface area contributed by atoms with Gasteiger partial charge in [0, 0.05) is 22.0 Å². The van der Waals surface area contributed by atoms with Crippen LogP contribution >= 0.6 is 0 Å². The molecule has 0 unspecified atom stereocenters.